The van der Waals surface area contributed by atoms with Crippen LogP contribution < -0.4 is 9.47 Å². The highest BCUT2D eigenvalue weighted by atomic mass is 16.6. The Morgan fingerprint density at radius 2 is 1.65 bits per heavy atom. The first-order valence-corrected chi connectivity index (χ1v) is 6.91. The van der Waals surface area contributed by atoms with Gasteiger partial charge in [-0.3, -0.25) is 10.1 Å². The van der Waals surface area contributed by atoms with Gasteiger partial charge in [0.15, 0.2) is 0 Å². The quantitative estimate of drug-likeness (QED) is 0.541. The van der Waals surface area contributed by atoms with Gasteiger partial charge >= 0.3 is 0 Å². The minimum atomic E-state index is -0.413. The molecule has 116 valence electrons. The van der Waals surface area contributed by atoms with Crippen LogP contribution in [0.15, 0.2) is 48.5 Å². The standard InChI is InChI=1S/C17H14N2O4/c1-22-15-9-10-16(23-2)17-12(15)7-8-13(18-17)11-5-3-4-6-14(11)19(20)21/h3-10H,1-2H3. The zero-order chi connectivity index (χ0) is 16.4. The van der Waals surface area contributed by atoms with E-state index >= 15 is 0 Å². The number of methoxy groups -OCH3 is 2. The average Bonchev–Trinajstić information content (AvgIpc) is 2.60. The Kier molecular flexibility index (Phi) is 3.80. The molecule has 3 rings (SSSR count). The molecule has 0 aliphatic heterocycles. The summed E-state index contributed by atoms with van der Waals surface area (Å²) in [7, 11) is 3.14. The van der Waals surface area contributed by atoms with Crippen LogP contribution in [-0.2, 0) is 0 Å². The van der Waals surface area contributed by atoms with E-state index in [2.05, 4.69) is 4.98 Å². The Morgan fingerprint density at radius 1 is 0.957 bits per heavy atom. The van der Waals surface area contributed by atoms with Crippen LogP contribution in [0.3, 0.4) is 0 Å². The van der Waals surface area contributed by atoms with E-state index in [1.165, 1.54) is 6.07 Å². The highest BCUT2D eigenvalue weighted by molar-refractivity contribution is 5.92. The Bertz CT molecular complexity index is 893. The monoisotopic (exact) mass is 310 g/mol. The van der Waals surface area contributed by atoms with Crippen LogP contribution in [0.1, 0.15) is 0 Å². The van der Waals surface area contributed by atoms with Crippen LogP contribution in [0.4, 0.5) is 5.69 Å². The molecule has 6 heteroatoms. The van der Waals surface area contributed by atoms with E-state index in [-0.39, 0.29) is 5.69 Å². The van der Waals surface area contributed by atoms with Gasteiger partial charge in [-0.2, -0.15) is 0 Å². The number of hydrogen-bond donors (Lipinski definition) is 0. The van der Waals surface area contributed by atoms with Crippen molar-refractivity contribution in [2.75, 3.05) is 14.2 Å². The molecule has 0 saturated carbocycles. The largest absolute Gasteiger partial charge is 0.496 e. The number of nitro benzene ring substituents is 1. The second-order valence-electron chi connectivity index (χ2n) is 4.84. The number of pyridine rings is 1. The lowest BCUT2D eigenvalue weighted by Gasteiger charge is -2.10. The van der Waals surface area contributed by atoms with Gasteiger partial charge in [0, 0.05) is 11.5 Å². The number of nitrogens with zero attached hydrogens (tertiary/aromatic N) is 2. The van der Waals surface area contributed by atoms with Crippen LogP contribution in [0.5, 0.6) is 11.5 Å². The second-order valence-corrected chi connectivity index (χ2v) is 4.84. The average molecular weight is 310 g/mol. The van der Waals surface area contributed by atoms with Gasteiger partial charge in [0.25, 0.3) is 5.69 Å². The predicted molar refractivity (Wildman–Crippen MR) is 86.9 cm³/mol. The molecule has 0 unspecified atom stereocenters. The number of nitro groups is 1. The summed E-state index contributed by atoms with van der Waals surface area (Å²) in [6.07, 6.45) is 0. The van der Waals surface area contributed by atoms with E-state index in [1.807, 2.05) is 6.07 Å². The first kappa shape index (κ1) is 14.8. The number of hydrogen-bond acceptors (Lipinski definition) is 5. The molecule has 0 amide bonds. The molecule has 0 bridgehead atoms. The number of para-hydroxylation sites is 1. The van der Waals surface area contributed by atoms with Crippen LogP contribution in [0.2, 0.25) is 0 Å². The molecule has 0 aliphatic rings. The first-order chi connectivity index (χ1) is 11.2. The topological polar surface area (TPSA) is 74.5 Å². The third-order valence-corrected chi connectivity index (χ3v) is 3.60. The van der Waals surface area contributed by atoms with Crippen LogP contribution in [0, 0.1) is 10.1 Å². The van der Waals surface area contributed by atoms with E-state index in [4.69, 9.17) is 9.47 Å². The third-order valence-electron chi connectivity index (χ3n) is 3.60. The van der Waals surface area contributed by atoms with E-state index in [1.54, 1.807) is 50.6 Å². The maximum Gasteiger partial charge on any atom is 0.278 e. The van der Waals surface area contributed by atoms with Gasteiger partial charge in [0.2, 0.25) is 0 Å². The lowest BCUT2D eigenvalue weighted by atomic mass is 10.1. The van der Waals surface area contributed by atoms with Crippen molar-refractivity contribution in [2.24, 2.45) is 0 Å². The molecule has 0 aliphatic carbocycles. The summed E-state index contributed by atoms with van der Waals surface area (Å²) < 4.78 is 10.7. The van der Waals surface area contributed by atoms with Crippen LogP contribution in [-0.4, -0.2) is 24.1 Å². The normalized spacial score (nSPS) is 10.5. The Hall–Kier alpha value is -3.15. The fourth-order valence-electron chi connectivity index (χ4n) is 2.51. The molecule has 0 fully saturated rings. The van der Waals surface area contributed by atoms with Crippen molar-refractivity contribution in [1.82, 2.24) is 4.98 Å². The molecular weight excluding hydrogens is 296 g/mol. The van der Waals surface area contributed by atoms with Crippen LogP contribution >= 0.6 is 0 Å². The number of ether oxygens (including phenoxy) is 2. The SMILES string of the molecule is COc1ccc(OC)c2nc(-c3ccccc3[N+](=O)[O-])ccc12. The molecule has 1 heterocycles. The molecular formula is C17H14N2O4. The van der Waals surface area contributed by atoms with Crippen molar-refractivity contribution < 1.29 is 14.4 Å². The zero-order valence-electron chi connectivity index (χ0n) is 12.6. The molecule has 0 atom stereocenters. The van der Waals surface area contributed by atoms with Gasteiger partial charge in [-0.15, -0.1) is 0 Å². The summed E-state index contributed by atoms with van der Waals surface area (Å²) in [5.74, 6) is 1.25. The third kappa shape index (κ3) is 2.55. The summed E-state index contributed by atoms with van der Waals surface area (Å²) in [6, 6.07) is 13.7. The Labute approximate surface area is 132 Å². The highest BCUT2D eigenvalue weighted by Gasteiger charge is 2.17. The van der Waals surface area contributed by atoms with E-state index in [9.17, 15) is 10.1 Å². The van der Waals surface area contributed by atoms with E-state index in [0.29, 0.717) is 28.3 Å². The minimum absolute atomic E-state index is 0.0150. The maximum absolute atomic E-state index is 11.2. The molecule has 1 aromatic heterocycles. The van der Waals surface area contributed by atoms with Gasteiger partial charge in [-0.1, -0.05) is 12.1 Å². The fourth-order valence-corrected chi connectivity index (χ4v) is 2.51. The Balaban J connectivity index is 2.27. The van der Waals surface area contributed by atoms with Crippen molar-refractivity contribution in [3.8, 4) is 22.8 Å². The number of benzene rings is 2. The predicted octanol–water partition coefficient (Wildman–Crippen LogP) is 3.83. The highest BCUT2D eigenvalue weighted by Crippen LogP contribution is 2.35. The summed E-state index contributed by atoms with van der Waals surface area (Å²) in [4.78, 5) is 15.4. The molecule has 23 heavy (non-hydrogen) atoms. The van der Waals surface area contributed by atoms with Crippen LogP contribution in [0.25, 0.3) is 22.2 Å². The molecule has 6 nitrogen and oxygen atoms in total. The van der Waals surface area contributed by atoms with Gasteiger partial charge < -0.3 is 9.47 Å². The van der Waals surface area contributed by atoms with E-state index < -0.39 is 4.92 Å². The minimum Gasteiger partial charge on any atom is -0.496 e. The smallest absolute Gasteiger partial charge is 0.278 e. The summed E-state index contributed by atoms with van der Waals surface area (Å²) in [5.41, 5.74) is 1.59. The summed E-state index contributed by atoms with van der Waals surface area (Å²) in [6.45, 7) is 0. The van der Waals surface area contributed by atoms with Crippen molar-refractivity contribution >= 4 is 16.6 Å². The van der Waals surface area contributed by atoms with Gasteiger partial charge in [-0.25, -0.2) is 4.98 Å². The van der Waals surface area contributed by atoms with Crippen molar-refractivity contribution in [1.29, 1.82) is 0 Å². The lowest BCUT2D eigenvalue weighted by molar-refractivity contribution is -0.384. The maximum atomic E-state index is 11.2. The van der Waals surface area contributed by atoms with Crippen molar-refractivity contribution in [2.45, 2.75) is 0 Å². The number of aromatic nitrogens is 1. The molecule has 2 aromatic carbocycles. The summed E-state index contributed by atoms with van der Waals surface area (Å²) >= 11 is 0. The van der Waals surface area contributed by atoms with Crippen molar-refractivity contribution in [3.63, 3.8) is 0 Å². The van der Waals surface area contributed by atoms with E-state index in [0.717, 1.165) is 5.39 Å². The van der Waals surface area contributed by atoms with Crippen molar-refractivity contribution in [3.05, 3.63) is 58.6 Å². The van der Waals surface area contributed by atoms with Gasteiger partial charge in [-0.05, 0) is 30.3 Å². The van der Waals surface area contributed by atoms with Gasteiger partial charge in [0.05, 0.1) is 30.4 Å². The summed E-state index contributed by atoms with van der Waals surface area (Å²) in [5, 5.41) is 12.0. The molecule has 0 saturated heterocycles. The zero-order valence-corrected chi connectivity index (χ0v) is 12.6. The molecule has 3 aromatic rings. The first-order valence-electron chi connectivity index (χ1n) is 6.91. The number of fused-ring (bicyclic) bond motifs is 1. The molecule has 0 radical (unpaired) electrons. The fraction of sp³-hybridized carbons (Fsp3) is 0.118. The molecule has 0 N–H and O–H groups in total. The molecule has 0 spiro atoms. The number of rotatable bonds is 4. The second kappa shape index (κ2) is 5.92. The lowest BCUT2D eigenvalue weighted by Crippen LogP contribution is -1.95. The Morgan fingerprint density at radius 3 is 2.35 bits per heavy atom. The van der Waals surface area contributed by atoms with Gasteiger partial charge in [0.1, 0.15) is 17.0 Å².